The lowest BCUT2D eigenvalue weighted by Gasteiger charge is -2.33. The third kappa shape index (κ3) is 2.79. The summed E-state index contributed by atoms with van der Waals surface area (Å²) in [6.45, 7) is 1.99. The standard InChI is InChI=1S/C11H11NO5S2/c1-2-17-8(14)3-4-18-11-9(10(15)16)12-6(13)5-7(12)19-11/h3-4,7H,2,5H2,1H3,(H,15,16)/b4-3+/t7-/m1/s1. The van der Waals surface area contributed by atoms with Gasteiger partial charge in [-0.05, 0) is 12.3 Å². The number of β-lactam (4-membered cyclic amide) rings is 1. The molecule has 0 aromatic heterocycles. The highest BCUT2D eigenvalue weighted by Crippen LogP contribution is 2.50. The van der Waals surface area contributed by atoms with Crippen molar-refractivity contribution in [2.24, 2.45) is 0 Å². The van der Waals surface area contributed by atoms with Gasteiger partial charge in [-0.1, -0.05) is 23.5 Å². The molecule has 0 saturated carbocycles. The quantitative estimate of drug-likeness (QED) is 0.466. The number of rotatable bonds is 5. The summed E-state index contributed by atoms with van der Waals surface area (Å²) in [5.74, 6) is -1.79. The molecule has 0 bridgehead atoms. The smallest absolute Gasteiger partial charge is 0.354 e. The molecule has 1 fully saturated rings. The first-order valence-electron chi connectivity index (χ1n) is 5.50. The first-order valence-corrected chi connectivity index (χ1v) is 7.26. The Morgan fingerprint density at radius 1 is 1.63 bits per heavy atom. The Morgan fingerprint density at radius 3 is 2.95 bits per heavy atom. The Hall–Kier alpha value is -1.41. The van der Waals surface area contributed by atoms with Crippen molar-refractivity contribution >= 4 is 41.4 Å². The molecule has 1 saturated heterocycles. The van der Waals surface area contributed by atoms with Crippen molar-refractivity contribution in [3.8, 4) is 0 Å². The molecular weight excluding hydrogens is 290 g/mol. The number of amides is 1. The van der Waals surface area contributed by atoms with Gasteiger partial charge in [0.2, 0.25) is 5.91 Å². The van der Waals surface area contributed by atoms with Crippen molar-refractivity contribution in [2.75, 3.05) is 6.61 Å². The maximum absolute atomic E-state index is 11.4. The van der Waals surface area contributed by atoms with E-state index in [9.17, 15) is 14.4 Å². The zero-order valence-corrected chi connectivity index (χ0v) is 11.6. The zero-order valence-electron chi connectivity index (χ0n) is 9.99. The Morgan fingerprint density at radius 2 is 2.37 bits per heavy atom. The van der Waals surface area contributed by atoms with Gasteiger partial charge in [-0.3, -0.25) is 9.69 Å². The van der Waals surface area contributed by atoms with Crippen LogP contribution in [0.15, 0.2) is 21.4 Å². The summed E-state index contributed by atoms with van der Waals surface area (Å²) in [5, 5.41) is 10.5. The monoisotopic (exact) mass is 301 g/mol. The van der Waals surface area contributed by atoms with Crippen molar-refractivity contribution < 1.29 is 24.2 Å². The van der Waals surface area contributed by atoms with Crippen LogP contribution in [0.25, 0.3) is 0 Å². The molecule has 102 valence electrons. The van der Waals surface area contributed by atoms with Crippen LogP contribution in [-0.2, 0) is 19.1 Å². The molecule has 1 amide bonds. The second-order valence-corrected chi connectivity index (χ2v) is 6.02. The van der Waals surface area contributed by atoms with Crippen molar-refractivity contribution in [3.63, 3.8) is 0 Å². The summed E-state index contributed by atoms with van der Waals surface area (Å²) in [4.78, 5) is 34.9. The molecule has 2 rings (SSSR count). The fraction of sp³-hybridized carbons (Fsp3) is 0.364. The van der Waals surface area contributed by atoms with Crippen LogP contribution >= 0.6 is 23.5 Å². The Labute approximate surface area is 117 Å². The van der Waals surface area contributed by atoms with Crippen molar-refractivity contribution in [1.29, 1.82) is 0 Å². The number of carbonyl (C=O) groups is 3. The van der Waals surface area contributed by atoms with Crippen LogP contribution in [0.5, 0.6) is 0 Å². The summed E-state index contributed by atoms with van der Waals surface area (Å²) in [7, 11) is 0. The summed E-state index contributed by atoms with van der Waals surface area (Å²) < 4.78 is 5.23. The average molecular weight is 301 g/mol. The maximum atomic E-state index is 11.4. The Kier molecular flexibility index (Phi) is 4.20. The van der Waals surface area contributed by atoms with Crippen LogP contribution in [0.3, 0.4) is 0 Å². The number of nitrogens with zero attached hydrogens (tertiary/aromatic N) is 1. The molecule has 2 heterocycles. The summed E-state index contributed by atoms with van der Waals surface area (Å²) in [6, 6.07) is 0. The SMILES string of the molecule is CCOC(=O)/C=C/SC1=C(C(=O)O)N2C(=O)C[C@H]2S1. The molecule has 1 atom stereocenters. The van der Waals surface area contributed by atoms with Gasteiger partial charge in [0.15, 0.2) is 5.70 Å². The number of carboxylic acid groups (broad SMARTS) is 1. The predicted octanol–water partition coefficient (Wildman–Crippen LogP) is 1.36. The number of aliphatic carboxylic acids is 1. The molecule has 1 N–H and O–H groups in total. The molecule has 6 nitrogen and oxygen atoms in total. The van der Waals surface area contributed by atoms with Gasteiger partial charge >= 0.3 is 11.9 Å². The van der Waals surface area contributed by atoms with E-state index in [-0.39, 0.29) is 23.6 Å². The second-order valence-electron chi connectivity index (χ2n) is 3.65. The minimum Gasteiger partial charge on any atom is -0.477 e. The van der Waals surface area contributed by atoms with E-state index in [1.807, 2.05) is 0 Å². The number of fused-ring (bicyclic) bond motifs is 1. The first-order chi connectivity index (χ1) is 9.04. The summed E-state index contributed by atoms with van der Waals surface area (Å²) in [6.07, 6.45) is 1.59. The van der Waals surface area contributed by atoms with Gasteiger partial charge in [-0.15, -0.1) is 0 Å². The molecular formula is C11H11NO5S2. The average Bonchev–Trinajstić information content (AvgIpc) is 2.62. The van der Waals surface area contributed by atoms with E-state index >= 15 is 0 Å². The number of thioether (sulfide) groups is 2. The lowest BCUT2D eigenvalue weighted by Crippen LogP contribution is -2.48. The fourth-order valence-electron chi connectivity index (χ4n) is 1.64. The lowest BCUT2D eigenvalue weighted by atomic mass is 10.2. The van der Waals surface area contributed by atoms with E-state index in [0.29, 0.717) is 10.7 Å². The second kappa shape index (κ2) is 5.70. The summed E-state index contributed by atoms with van der Waals surface area (Å²) in [5.41, 5.74) is 0.00441. The highest BCUT2D eigenvalue weighted by molar-refractivity contribution is 8.24. The van der Waals surface area contributed by atoms with Crippen LogP contribution in [-0.4, -0.2) is 39.8 Å². The minimum absolute atomic E-state index is 0.00441. The molecule has 0 aliphatic carbocycles. The zero-order chi connectivity index (χ0) is 14.0. The fourth-order valence-corrected chi connectivity index (χ4v) is 4.06. The van der Waals surface area contributed by atoms with Gasteiger partial charge in [0.05, 0.1) is 22.6 Å². The van der Waals surface area contributed by atoms with Gasteiger partial charge < -0.3 is 9.84 Å². The van der Waals surface area contributed by atoms with Gasteiger partial charge in [0, 0.05) is 6.08 Å². The van der Waals surface area contributed by atoms with E-state index in [0.717, 1.165) is 11.8 Å². The van der Waals surface area contributed by atoms with E-state index in [1.54, 1.807) is 6.92 Å². The molecule has 0 aromatic rings. The number of hydrogen-bond acceptors (Lipinski definition) is 6. The van der Waals surface area contributed by atoms with Gasteiger partial charge in [-0.2, -0.15) is 0 Å². The van der Waals surface area contributed by atoms with Crippen LogP contribution in [0.1, 0.15) is 13.3 Å². The van der Waals surface area contributed by atoms with Crippen molar-refractivity contribution in [2.45, 2.75) is 18.7 Å². The van der Waals surface area contributed by atoms with E-state index < -0.39 is 11.9 Å². The third-order valence-corrected chi connectivity index (χ3v) is 4.77. The minimum atomic E-state index is -1.13. The largest absolute Gasteiger partial charge is 0.477 e. The topological polar surface area (TPSA) is 83.9 Å². The van der Waals surface area contributed by atoms with Crippen molar-refractivity contribution in [1.82, 2.24) is 4.90 Å². The van der Waals surface area contributed by atoms with E-state index in [2.05, 4.69) is 0 Å². The highest BCUT2D eigenvalue weighted by Gasteiger charge is 2.48. The number of carbonyl (C=O) groups excluding carboxylic acids is 2. The summed E-state index contributed by atoms with van der Waals surface area (Å²) >= 11 is 2.44. The number of hydrogen-bond donors (Lipinski definition) is 1. The highest BCUT2D eigenvalue weighted by atomic mass is 32.2. The van der Waals surface area contributed by atoms with Crippen LogP contribution in [0.4, 0.5) is 0 Å². The molecule has 19 heavy (non-hydrogen) atoms. The molecule has 2 aliphatic heterocycles. The lowest BCUT2D eigenvalue weighted by molar-refractivity contribution is -0.145. The van der Waals surface area contributed by atoms with Crippen molar-refractivity contribution in [3.05, 3.63) is 21.4 Å². The maximum Gasteiger partial charge on any atom is 0.354 e. The predicted molar refractivity (Wildman–Crippen MR) is 70.9 cm³/mol. The molecule has 0 spiro atoms. The van der Waals surface area contributed by atoms with Gasteiger partial charge in [-0.25, -0.2) is 9.59 Å². The van der Waals surface area contributed by atoms with Gasteiger partial charge in [0.1, 0.15) is 0 Å². The molecule has 8 heteroatoms. The third-order valence-electron chi connectivity index (χ3n) is 2.45. The normalized spacial score (nSPS) is 21.6. The number of esters is 1. The van der Waals surface area contributed by atoms with E-state index in [1.165, 1.54) is 28.1 Å². The first kappa shape index (κ1) is 14.0. The molecule has 0 unspecified atom stereocenters. The molecule has 0 aromatic carbocycles. The molecule has 2 aliphatic rings. The number of carboxylic acids is 1. The Balaban J connectivity index is 2.05. The van der Waals surface area contributed by atoms with E-state index in [4.69, 9.17) is 9.84 Å². The van der Waals surface area contributed by atoms with Crippen LogP contribution in [0, 0.1) is 0 Å². The van der Waals surface area contributed by atoms with Crippen LogP contribution in [0.2, 0.25) is 0 Å². The number of ether oxygens (including phenoxy) is 1. The molecule has 0 radical (unpaired) electrons. The Bertz CT molecular complexity index is 499. The van der Waals surface area contributed by atoms with Gasteiger partial charge in [0.25, 0.3) is 0 Å². The van der Waals surface area contributed by atoms with Crippen LogP contribution < -0.4 is 0 Å².